The lowest BCUT2D eigenvalue weighted by Gasteiger charge is -2.11. The molecule has 1 aromatic heterocycles. The number of anilines is 2. The molecule has 6 nitrogen and oxygen atoms in total. The van der Waals surface area contributed by atoms with Crippen LogP contribution in [-0.2, 0) is 6.42 Å². The van der Waals surface area contributed by atoms with Crippen LogP contribution in [0.4, 0.5) is 11.5 Å². The highest BCUT2D eigenvalue weighted by Crippen LogP contribution is 2.24. The highest BCUT2D eigenvalue weighted by molar-refractivity contribution is 6.03. The van der Waals surface area contributed by atoms with Crippen molar-refractivity contribution in [3.63, 3.8) is 0 Å². The molecule has 0 aliphatic rings. The summed E-state index contributed by atoms with van der Waals surface area (Å²) in [6, 6.07) is 17.5. The van der Waals surface area contributed by atoms with E-state index in [0.29, 0.717) is 23.9 Å². The first-order valence-electron chi connectivity index (χ1n) is 8.89. The second kappa shape index (κ2) is 9.33. The van der Waals surface area contributed by atoms with Gasteiger partial charge in [0.25, 0.3) is 5.91 Å². The summed E-state index contributed by atoms with van der Waals surface area (Å²) in [5, 5.41) is 6.02. The average molecular weight is 362 g/mol. The summed E-state index contributed by atoms with van der Waals surface area (Å²) in [6.07, 6.45) is 3.91. The SMILES string of the molecule is CCOc1ccccc1NC(=O)c1cnc(NCCc2ccccc2)cn1. The molecule has 0 aliphatic heterocycles. The van der Waals surface area contributed by atoms with Crippen LogP contribution in [0, 0.1) is 0 Å². The molecule has 1 amide bonds. The van der Waals surface area contributed by atoms with Gasteiger partial charge in [0.05, 0.1) is 24.7 Å². The van der Waals surface area contributed by atoms with Gasteiger partial charge in [-0.1, -0.05) is 42.5 Å². The summed E-state index contributed by atoms with van der Waals surface area (Å²) in [4.78, 5) is 20.9. The molecule has 0 unspecified atom stereocenters. The maximum atomic E-state index is 12.4. The van der Waals surface area contributed by atoms with E-state index in [1.54, 1.807) is 12.3 Å². The number of carbonyl (C=O) groups excluding carboxylic acids is 1. The lowest BCUT2D eigenvalue weighted by Crippen LogP contribution is -2.15. The van der Waals surface area contributed by atoms with Crippen LogP contribution in [0.5, 0.6) is 5.75 Å². The molecule has 3 rings (SSSR count). The Labute approximate surface area is 158 Å². The maximum Gasteiger partial charge on any atom is 0.275 e. The van der Waals surface area contributed by atoms with Crippen LogP contribution in [0.2, 0.25) is 0 Å². The van der Waals surface area contributed by atoms with Gasteiger partial charge in [-0.05, 0) is 31.0 Å². The molecule has 0 radical (unpaired) electrons. The van der Waals surface area contributed by atoms with Gasteiger partial charge in [0.2, 0.25) is 0 Å². The molecule has 0 saturated heterocycles. The van der Waals surface area contributed by atoms with Crippen molar-refractivity contribution in [1.29, 1.82) is 0 Å². The summed E-state index contributed by atoms with van der Waals surface area (Å²) in [6.45, 7) is 3.16. The van der Waals surface area contributed by atoms with E-state index < -0.39 is 0 Å². The van der Waals surface area contributed by atoms with Gasteiger partial charge in [0.1, 0.15) is 17.3 Å². The molecule has 6 heteroatoms. The molecule has 2 N–H and O–H groups in total. The number of nitrogens with one attached hydrogen (secondary N) is 2. The Morgan fingerprint density at radius 3 is 2.52 bits per heavy atom. The number of amides is 1. The Morgan fingerprint density at radius 1 is 1.00 bits per heavy atom. The Morgan fingerprint density at radius 2 is 1.78 bits per heavy atom. The van der Waals surface area contributed by atoms with E-state index in [-0.39, 0.29) is 11.6 Å². The zero-order chi connectivity index (χ0) is 18.9. The average Bonchev–Trinajstić information content (AvgIpc) is 2.71. The Bertz CT molecular complexity index is 867. The van der Waals surface area contributed by atoms with Gasteiger partial charge in [-0.25, -0.2) is 9.97 Å². The van der Waals surface area contributed by atoms with Crippen LogP contribution < -0.4 is 15.4 Å². The minimum absolute atomic E-state index is 0.245. The molecule has 138 valence electrons. The van der Waals surface area contributed by atoms with Crippen molar-refractivity contribution >= 4 is 17.4 Å². The fourth-order valence-corrected chi connectivity index (χ4v) is 2.55. The number of aromatic nitrogens is 2. The van der Waals surface area contributed by atoms with E-state index >= 15 is 0 Å². The normalized spacial score (nSPS) is 10.3. The van der Waals surface area contributed by atoms with Crippen LogP contribution in [0.3, 0.4) is 0 Å². The molecule has 0 spiro atoms. The largest absolute Gasteiger partial charge is 0.492 e. The summed E-state index contributed by atoms with van der Waals surface area (Å²) in [7, 11) is 0. The van der Waals surface area contributed by atoms with Gasteiger partial charge < -0.3 is 15.4 Å². The predicted molar refractivity (Wildman–Crippen MR) is 106 cm³/mol. The van der Waals surface area contributed by atoms with Crippen molar-refractivity contribution in [2.75, 3.05) is 23.8 Å². The quantitative estimate of drug-likeness (QED) is 0.638. The monoisotopic (exact) mass is 362 g/mol. The van der Waals surface area contributed by atoms with Crippen molar-refractivity contribution in [3.05, 3.63) is 78.2 Å². The molecular formula is C21H22N4O2. The number of ether oxygens (including phenoxy) is 1. The van der Waals surface area contributed by atoms with E-state index in [2.05, 4.69) is 32.7 Å². The lowest BCUT2D eigenvalue weighted by molar-refractivity contribution is 0.102. The van der Waals surface area contributed by atoms with Crippen molar-refractivity contribution in [3.8, 4) is 5.75 Å². The smallest absolute Gasteiger partial charge is 0.275 e. The summed E-state index contributed by atoms with van der Waals surface area (Å²) >= 11 is 0. The van der Waals surface area contributed by atoms with Gasteiger partial charge in [0.15, 0.2) is 0 Å². The molecule has 1 heterocycles. The van der Waals surface area contributed by atoms with Crippen LogP contribution in [0.15, 0.2) is 67.0 Å². The van der Waals surface area contributed by atoms with Crippen molar-refractivity contribution in [2.45, 2.75) is 13.3 Å². The third kappa shape index (κ3) is 5.28. The van der Waals surface area contributed by atoms with Gasteiger partial charge >= 0.3 is 0 Å². The first-order valence-corrected chi connectivity index (χ1v) is 8.89. The minimum Gasteiger partial charge on any atom is -0.492 e. The number of benzene rings is 2. The second-order valence-corrected chi connectivity index (χ2v) is 5.83. The fraction of sp³-hybridized carbons (Fsp3) is 0.190. The summed E-state index contributed by atoms with van der Waals surface area (Å²) in [5.74, 6) is 0.934. The second-order valence-electron chi connectivity index (χ2n) is 5.83. The summed E-state index contributed by atoms with van der Waals surface area (Å²) in [5.41, 5.74) is 2.10. The van der Waals surface area contributed by atoms with Gasteiger partial charge in [-0.3, -0.25) is 4.79 Å². The summed E-state index contributed by atoms with van der Waals surface area (Å²) < 4.78 is 5.51. The van der Waals surface area contributed by atoms with Crippen molar-refractivity contribution in [2.24, 2.45) is 0 Å². The van der Waals surface area contributed by atoms with E-state index in [1.807, 2.05) is 43.3 Å². The predicted octanol–water partition coefficient (Wildman–Crippen LogP) is 3.78. The Kier molecular flexibility index (Phi) is 6.35. The fourth-order valence-electron chi connectivity index (χ4n) is 2.55. The highest BCUT2D eigenvalue weighted by Gasteiger charge is 2.11. The molecule has 2 aromatic carbocycles. The number of rotatable bonds is 8. The van der Waals surface area contributed by atoms with Crippen LogP contribution >= 0.6 is 0 Å². The van der Waals surface area contributed by atoms with Gasteiger partial charge in [0, 0.05) is 6.54 Å². The van der Waals surface area contributed by atoms with Crippen LogP contribution in [0.1, 0.15) is 23.0 Å². The lowest BCUT2D eigenvalue weighted by atomic mass is 10.1. The zero-order valence-corrected chi connectivity index (χ0v) is 15.2. The number of carbonyl (C=O) groups is 1. The Hall–Kier alpha value is -3.41. The van der Waals surface area contributed by atoms with Crippen LogP contribution in [-0.4, -0.2) is 29.0 Å². The van der Waals surface area contributed by atoms with Gasteiger partial charge in [-0.15, -0.1) is 0 Å². The number of nitrogens with zero attached hydrogens (tertiary/aromatic N) is 2. The highest BCUT2D eigenvalue weighted by atomic mass is 16.5. The van der Waals surface area contributed by atoms with E-state index in [9.17, 15) is 4.79 Å². The number of para-hydroxylation sites is 2. The maximum absolute atomic E-state index is 12.4. The molecular weight excluding hydrogens is 340 g/mol. The van der Waals surface area contributed by atoms with E-state index in [1.165, 1.54) is 11.8 Å². The van der Waals surface area contributed by atoms with E-state index in [0.717, 1.165) is 13.0 Å². The van der Waals surface area contributed by atoms with Crippen LogP contribution in [0.25, 0.3) is 0 Å². The first-order chi connectivity index (χ1) is 13.3. The molecule has 0 bridgehead atoms. The topological polar surface area (TPSA) is 76.1 Å². The van der Waals surface area contributed by atoms with Crippen molar-refractivity contribution in [1.82, 2.24) is 9.97 Å². The molecule has 3 aromatic rings. The molecule has 27 heavy (non-hydrogen) atoms. The third-order valence-electron chi connectivity index (χ3n) is 3.88. The molecule has 0 atom stereocenters. The number of hydrogen-bond acceptors (Lipinski definition) is 5. The van der Waals surface area contributed by atoms with Gasteiger partial charge in [-0.2, -0.15) is 0 Å². The third-order valence-corrected chi connectivity index (χ3v) is 3.88. The standard InChI is InChI=1S/C21H22N4O2/c1-2-27-19-11-7-6-10-17(19)25-21(26)18-14-24-20(15-23-18)22-13-12-16-8-4-3-5-9-16/h3-11,14-15H,2,12-13H2,1H3,(H,22,24)(H,25,26). The molecule has 0 aliphatic carbocycles. The zero-order valence-electron chi connectivity index (χ0n) is 15.2. The molecule has 0 saturated carbocycles. The molecule has 0 fully saturated rings. The van der Waals surface area contributed by atoms with E-state index in [4.69, 9.17) is 4.74 Å². The Balaban J connectivity index is 1.56. The number of hydrogen-bond donors (Lipinski definition) is 2. The first kappa shape index (κ1) is 18.4. The van der Waals surface area contributed by atoms with Crippen molar-refractivity contribution < 1.29 is 9.53 Å². The minimum atomic E-state index is -0.328.